The molecular formula is C16H28O5. The van der Waals surface area contributed by atoms with Crippen molar-refractivity contribution in [3.63, 3.8) is 0 Å². The Kier molecular flexibility index (Phi) is 5.41. The van der Waals surface area contributed by atoms with E-state index >= 15 is 0 Å². The van der Waals surface area contributed by atoms with Gasteiger partial charge in [-0.05, 0) is 25.7 Å². The Bertz CT molecular complexity index is 319. The molecule has 2 heterocycles. The lowest BCUT2D eigenvalue weighted by Gasteiger charge is -2.29. The van der Waals surface area contributed by atoms with Crippen LogP contribution in [-0.4, -0.2) is 43.3 Å². The summed E-state index contributed by atoms with van der Waals surface area (Å²) in [5.74, 6) is -1.43. The van der Waals surface area contributed by atoms with Gasteiger partial charge in [0.2, 0.25) is 0 Å². The van der Waals surface area contributed by atoms with Crippen LogP contribution >= 0.6 is 0 Å². The van der Waals surface area contributed by atoms with Crippen molar-refractivity contribution in [2.24, 2.45) is 5.92 Å². The lowest BCUT2D eigenvalue weighted by atomic mass is 9.98. The maximum absolute atomic E-state index is 11.6. The molecule has 2 atom stereocenters. The molecule has 0 saturated carbocycles. The average molecular weight is 300 g/mol. The minimum atomic E-state index is -0.544. The molecule has 0 radical (unpaired) electrons. The predicted molar refractivity (Wildman–Crippen MR) is 77.8 cm³/mol. The minimum Gasteiger partial charge on any atom is -0.347 e. The van der Waals surface area contributed by atoms with Gasteiger partial charge in [-0.15, -0.1) is 0 Å². The molecule has 5 nitrogen and oxygen atoms in total. The van der Waals surface area contributed by atoms with Gasteiger partial charge in [0.1, 0.15) is 6.29 Å². The van der Waals surface area contributed by atoms with Crippen molar-refractivity contribution in [3.05, 3.63) is 0 Å². The van der Waals surface area contributed by atoms with Crippen molar-refractivity contribution in [1.82, 2.24) is 0 Å². The van der Waals surface area contributed by atoms with Gasteiger partial charge in [-0.1, -0.05) is 27.7 Å². The Morgan fingerprint density at radius 3 is 1.52 bits per heavy atom. The van der Waals surface area contributed by atoms with Crippen molar-refractivity contribution in [1.29, 1.82) is 0 Å². The highest BCUT2D eigenvalue weighted by Crippen LogP contribution is 2.38. The van der Waals surface area contributed by atoms with Gasteiger partial charge in [0.15, 0.2) is 11.6 Å². The van der Waals surface area contributed by atoms with Gasteiger partial charge in [-0.25, -0.2) is 0 Å². The number of aldehydes is 1. The second-order valence-electron chi connectivity index (χ2n) is 5.88. The van der Waals surface area contributed by atoms with Crippen LogP contribution < -0.4 is 0 Å². The molecule has 0 aromatic rings. The SMILES string of the molecule is CCC1(CC)OC[C@@H](C(C=O)[C@@H]2COC(CC)(CC)O2)O1. The summed E-state index contributed by atoms with van der Waals surface area (Å²) in [5.41, 5.74) is 0. The van der Waals surface area contributed by atoms with Gasteiger partial charge in [-0.2, -0.15) is 0 Å². The van der Waals surface area contributed by atoms with Crippen LogP contribution in [-0.2, 0) is 23.7 Å². The van der Waals surface area contributed by atoms with E-state index in [1.807, 2.05) is 27.7 Å². The summed E-state index contributed by atoms with van der Waals surface area (Å²) < 4.78 is 23.8. The van der Waals surface area contributed by atoms with Crippen LogP contribution in [0.4, 0.5) is 0 Å². The number of ether oxygens (including phenoxy) is 4. The smallest absolute Gasteiger partial charge is 0.168 e. The van der Waals surface area contributed by atoms with Crippen LogP contribution in [0.1, 0.15) is 53.4 Å². The zero-order valence-corrected chi connectivity index (χ0v) is 13.6. The summed E-state index contributed by atoms with van der Waals surface area (Å²) >= 11 is 0. The predicted octanol–water partition coefficient (Wildman–Crippen LogP) is 2.66. The van der Waals surface area contributed by atoms with Crippen LogP contribution in [0.25, 0.3) is 0 Å². The fourth-order valence-electron chi connectivity index (χ4n) is 3.19. The molecule has 0 aliphatic carbocycles. The molecule has 2 aliphatic rings. The summed E-state index contributed by atoms with van der Waals surface area (Å²) in [6.45, 7) is 9.03. The largest absolute Gasteiger partial charge is 0.347 e. The van der Waals surface area contributed by atoms with Crippen LogP contribution in [0.2, 0.25) is 0 Å². The van der Waals surface area contributed by atoms with Gasteiger partial charge in [0.25, 0.3) is 0 Å². The number of rotatable bonds is 7. The first-order valence-electron chi connectivity index (χ1n) is 8.16. The van der Waals surface area contributed by atoms with E-state index in [1.165, 1.54) is 0 Å². The van der Waals surface area contributed by atoms with E-state index in [0.717, 1.165) is 32.0 Å². The summed E-state index contributed by atoms with van der Waals surface area (Å²) in [7, 11) is 0. The highest BCUT2D eigenvalue weighted by molar-refractivity contribution is 5.56. The van der Waals surface area contributed by atoms with Crippen LogP contribution in [0.3, 0.4) is 0 Å². The van der Waals surface area contributed by atoms with Crippen molar-refractivity contribution in [2.45, 2.75) is 77.2 Å². The minimum absolute atomic E-state index is 0.250. The first-order chi connectivity index (χ1) is 10.1. The highest BCUT2D eigenvalue weighted by atomic mass is 16.8. The highest BCUT2D eigenvalue weighted by Gasteiger charge is 2.48. The van der Waals surface area contributed by atoms with E-state index in [4.69, 9.17) is 18.9 Å². The Balaban J connectivity index is 2.03. The van der Waals surface area contributed by atoms with Gasteiger partial charge < -0.3 is 23.7 Å². The van der Waals surface area contributed by atoms with Crippen molar-refractivity contribution < 1.29 is 23.7 Å². The van der Waals surface area contributed by atoms with Crippen LogP contribution in [0.5, 0.6) is 0 Å². The monoisotopic (exact) mass is 300 g/mol. The fourth-order valence-corrected chi connectivity index (χ4v) is 3.19. The second-order valence-corrected chi connectivity index (χ2v) is 5.88. The molecule has 5 heteroatoms. The van der Waals surface area contributed by atoms with Gasteiger partial charge in [0.05, 0.1) is 31.3 Å². The van der Waals surface area contributed by atoms with E-state index in [0.29, 0.717) is 13.2 Å². The molecule has 0 unspecified atom stereocenters. The van der Waals surface area contributed by atoms with Gasteiger partial charge in [0, 0.05) is 0 Å². The zero-order chi connectivity index (χ0) is 15.5. The van der Waals surface area contributed by atoms with Crippen LogP contribution in [0.15, 0.2) is 0 Å². The second kappa shape index (κ2) is 6.73. The molecule has 2 fully saturated rings. The topological polar surface area (TPSA) is 54.0 Å². The maximum Gasteiger partial charge on any atom is 0.168 e. The molecule has 0 aromatic heterocycles. The zero-order valence-electron chi connectivity index (χ0n) is 13.6. The summed E-state index contributed by atoms with van der Waals surface area (Å²) in [6.07, 6.45) is 3.55. The maximum atomic E-state index is 11.6. The van der Waals surface area contributed by atoms with Gasteiger partial charge >= 0.3 is 0 Å². The number of carbonyl (C=O) groups is 1. The third kappa shape index (κ3) is 3.16. The molecule has 0 amide bonds. The third-order valence-electron chi connectivity index (χ3n) is 4.92. The van der Waals surface area contributed by atoms with Gasteiger partial charge in [-0.3, -0.25) is 0 Å². The molecule has 0 aromatic carbocycles. The summed E-state index contributed by atoms with van der Waals surface area (Å²) in [6, 6.07) is 0. The quantitative estimate of drug-likeness (QED) is 0.677. The third-order valence-corrected chi connectivity index (χ3v) is 4.92. The molecule has 122 valence electrons. The first-order valence-corrected chi connectivity index (χ1v) is 8.16. The van der Waals surface area contributed by atoms with Crippen molar-refractivity contribution in [2.75, 3.05) is 13.2 Å². The van der Waals surface area contributed by atoms with Crippen LogP contribution in [0, 0.1) is 5.92 Å². The first kappa shape index (κ1) is 16.9. The average Bonchev–Trinajstić information content (AvgIpc) is 3.14. The van der Waals surface area contributed by atoms with E-state index < -0.39 is 11.6 Å². The molecule has 0 N–H and O–H groups in total. The molecular weight excluding hydrogens is 272 g/mol. The Hall–Kier alpha value is -0.490. The molecule has 21 heavy (non-hydrogen) atoms. The number of hydrogen-bond donors (Lipinski definition) is 0. The molecule has 0 bridgehead atoms. The molecule has 2 aliphatic heterocycles. The van der Waals surface area contributed by atoms with Crippen molar-refractivity contribution >= 4 is 6.29 Å². The Labute approximate surface area is 127 Å². The lowest BCUT2D eigenvalue weighted by Crippen LogP contribution is -2.39. The molecule has 2 saturated heterocycles. The van der Waals surface area contributed by atoms with E-state index in [9.17, 15) is 4.79 Å². The van der Waals surface area contributed by atoms with E-state index in [-0.39, 0.29) is 18.1 Å². The number of hydrogen-bond acceptors (Lipinski definition) is 5. The molecule has 2 rings (SSSR count). The summed E-state index contributed by atoms with van der Waals surface area (Å²) in [5, 5.41) is 0. The Morgan fingerprint density at radius 1 is 0.905 bits per heavy atom. The van der Waals surface area contributed by atoms with E-state index in [2.05, 4.69) is 0 Å². The lowest BCUT2D eigenvalue weighted by molar-refractivity contribution is -0.193. The standard InChI is InChI=1S/C16H28O5/c1-5-15(6-2)18-10-13(20-15)12(9-17)14-11-19-16(7-3,8-4)21-14/h9,12-14H,5-8,10-11H2,1-4H3/t13-,14-/m0/s1. The molecule has 0 spiro atoms. The summed E-state index contributed by atoms with van der Waals surface area (Å²) in [4.78, 5) is 11.6. The van der Waals surface area contributed by atoms with Crippen molar-refractivity contribution in [3.8, 4) is 0 Å². The fraction of sp³-hybridized carbons (Fsp3) is 0.938. The normalized spacial score (nSPS) is 30.9. The Morgan fingerprint density at radius 2 is 1.29 bits per heavy atom. The van der Waals surface area contributed by atoms with E-state index in [1.54, 1.807) is 0 Å². The number of carbonyl (C=O) groups excluding carboxylic acids is 1.